The molecule has 2 amide bonds. The van der Waals surface area contributed by atoms with Crippen LogP contribution in [0.25, 0.3) is 0 Å². The lowest BCUT2D eigenvalue weighted by Crippen LogP contribution is -2.45. The molecule has 0 spiro atoms. The molecule has 1 aromatic carbocycles. The van der Waals surface area contributed by atoms with Crippen molar-refractivity contribution in [2.24, 2.45) is 0 Å². The maximum absolute atomic E-state index is 15.6. The number of aliphatic hydroxyl groups excluding tert-OH is 1. The number of hydrogen-bond acceptors (Lipinski definition) is 9. The number of alkyl halides is 2. The Morgan fingerprint density at radius 2 is 1.74 bits per heavy atom. The van der Waals surface area contributed by atoms with Gasteiger partial charge in [0, 0.05) is 24.7 Å². The second-order valence-corrected chi connectivity index (χ2v) is 10.1. The topological polar surface area (TPSA) is 158 Å². The van der Waals surface area contributed by atoms with Gasteiger partial charge in [-0.15, -0.1) is 0 Å². The van der Waals surface area contributed by atoms with Crippen LogP contribution in [-0.2, 0) is 23.8 Å². The van der Waals surface area contributed by atoms with Gasteiger partial charge < -0.3 is 24.6 Å². The molecule has 3 rings (SSSR count). The first kappa shape index (κ1) is 33.6. The van der Waals surface area contributed by atoms with Crippen molar-refractivity contribution < 1.29 is 42.5 Å². The number of carbonyl (C=O) groups is 3. The van der Waals surface area contributed by atoms with E-state index in [0.717, 1.165) is 25.1 Å². The number of aliphatic hydroxyl groups is 1. The average Bonchev–Trinajstić information content (AvgIpc) is 3.22. The number of aromatic nitrogens is 2. The van der Waals surface area contributed by atoms with Crippen molar-refractivity contribution in [2.75, 3.05) is 23.8 Å². The van der Waals surface area contributed by atoms with Crippen LogP contribution in [-0.4, -0.2) is 64.0 Å². The summed E-state index contributed by atoms with van der Waals surface area (Å²) in [6, 6.07) is 10.1. The number of nitrogens with zero attached hydrogens (tertiary/aromatic N) is 2. The minimum atomic E-state index is -3.97. The number of hydrogen-bond donors (Lipinski definition) is 3. The fourth-order valence-corrected chi connectivity index (χ4v) is 4.50. The highest BCUT2D eigenvalue weighted by atomic mass is 19.3. The highest BCUT2D eigenvalue weighted by Gasteiger charge is 2.62. The van der Waals surface area contributed by atoms with Gasteiger partial charge in [-0.3, -0.25) is 14.9 Å². The number of para-hydroxylation sites is 1. The molecule has 12 nitrogen and oxygen atoms in total. The minimum Gasteiger partial charge on any atom is -0.453 e. The third-order valence-electron chi connectivity index (χ3n) is 6.71. The van der Waals surface area contributed by atoms with Crippen LogP contribution in [0.3, 0.4) is 0 Å². The molecule has 14 heteroatoms. The van der Waals surface area contributed by atoms with Gasteiger partial charge in [-0.2, -0.15) is 8.78 Å². The molecule has 2 aromatic rings. The summed E-state index contributed by atoms with van der Waals surface area (Å²) in [6.07, 6.45) is -1.54. The number of benzene rings is 1. The first-order chi connectivity index (χ1) is 20.7. The predicted octanol–water partition coefficient (Wildman–Crippen LogP) is 4.40. The van der Waals surface area contributed by atoms with Gasteiger partial charge in [-0.05, 0) is 37.5 Å². The highest BCUT2D eigenvalue weighted by molar-refractivity contribution is 5.90. The van der Waals surface area contributed by atoms with E-state index in [9.17, 15) is 24.3 Å². The average molecular weight is 609 g/mol. The Hall–Kier alpha value is -3.91. The third kappa shape index (κ3) is 9.82. The number of carbonyl (C=O) groups excluding carboxylic acids is 3. The van der Waals surface area contributed by atoms with Crippen LogP contribution in [0.15, 0.2) is 47.4 Å². The number of halogens is 2. The Morgan fingerprint density at radius 1 is 1.02 bits per heavy atom. The van der Waals surface area contributed by atoms with Crippen molar-refractivity contribution in [3.8, 4) is 0 Å². The Kier molecular flexibility index (Phi) is 13.0. The van der Waals surface area contributed by atoms with Gasteiger partial charge in [0.05, 0.1) is 13.2 Å². The van der Waals surface area contributed by atoms with E-state index in [1.54, 1.807) is 12.1 Å². The number of ether oxygens (including phenoxy) is 3. The van der Waals surface area contributed by atoms with E-state index < -0.39 is 48.7 Å². The summed E-state index contributed by atoms with van der Waals surface area (Å²) in [5, 5.41) is 14.7. The monoisotopic (exact) mass is 608 g/mol. The summed E-state index contributed by atoms with van der Waals surface area (Å²) < 4.78 is 46.9. The van der Waals surface area contributed by atoms with Crippen molar-refractivity contribution in [3.05, 3.63) is 53.1 Å². The summed E-state index contributed by atoms with van der Waals surface area (Å²) in [5.74, 6) is -5.40. The van der Waals surface area contributed by atoms with Crippen molar-refractivity contribution in [2.45, 2.75) is 89.1 Å². The lowest BCUT2D eigenvalue weighted by molar-refractivity contribution is -0.176. The molecule has 1 aromatic heterocycles. The van der Waals surface area contributed by atoms with Gasteiger partial charge in [0.1, 0.15) is 11.9 Å². The molecule has 1 aliphatic rings. The van der Waals surface area contributed by atoms with E-state index in [-0.39, 0.29) is 24.8 Å². The van der Waals surface area contributed by atoms with Crippen LogP contribution in [0.5, 0.6) is 0 Å². The molecule has 1 saturated heterocycles. The maximum Gasteiger partial charge on any atom is 0.412 e. The molecule has 43 heavy (non-hydrogen) atoms. The molecule has 0 unspecified atom stereocenters. The highest BCUT2D eigenvalue weighted by Crippen LogP contribution is 2.45. The van der Waals surface area contributed by atoms with Crippen LogP contribution < -0.4 is 16.3 Å². The van der Waals surface area contributed by atoms with E-state index in [4.69, 9.17) is 14.2 Å². The SMILES string of the molecule is CCCCCOC(=O)Nc1ccnc(=O)n1[C@@H]1O[C@H](CO)[C@@H](OC(=O)CCCCCCC(=O)Nc2ccccc2)C1(F)F. The molecule has 1 aliphatic heterocycles. The van der Waals surface area contributed by atoms with Crippen LogP contribution in [0.4, 0.5) is 25.1 Å². The Bertz CT molecular complexity index is 1260. The molecule has 0 saturated carbocycles. The first-order valence-electron chi connectivity index (χ1n) is 14.4. The normalized spacial score (nSPS) is 19.0. The summed E-state index contributed by atoms with van der Waals surface area (Å²) in [6.45, 7) is 1.14. The van der Waals surface area contributed by atoms with Crippen LogP contribution in [0.1, 0.15) is 70.9 Å². The summed E-state index contributed by atoms with van der Waals surface area (Å²) in [7, 11) is 0. The van der Waals surface area contributed by atoms with Crippen LogP contribution >= 0.6 is 0 Å². The summed E-state index contributed by atoms with van der Waals surface area (Å²) in [5.41, 5.74) is -0.456. The second-order valence-electron chi connectivity index (χ2n) is 10.1. The Balaban J connectivity index is 1.52. The zero-order valence-electron chi connectivity index (χ0n) is 24.0. The Labute approximate surface area is 247 Å². The van der Waals surface area contributed by atoms with E-state index in [0.29, 0.717) is 48.8 Å². The van der Waals surface area contributed by atoms with Gasteiger partial charge in [-0.1, -0.05) is 50.8 Å². The standard InChI is InChI=1S/C29H38F2N4O8/c1-2-3-11-18-41-28(40)34-22-16-17-32-27(39)35(22)26-29(30,31)25(21(19-36)42-26)43-24(38)15-10-5-4-9-14-23(37)33-20-12-7-6-8-13-20/h6-8,12-13,16-17,21,25-26,36H,2-5,9-11,14-15,18-19H2,1H3,(H,33,37)(H,34,40)/t21-,25-,26-/m1/s1. The number of amides is 2. The van der Waals surface area contributed by atoms with Gasteiger partial charge in [-0.25, -0.2) is 19.1 Å². The Morgan fingerprint density at radius 3 is 2.44 bits per heavy atom. The quantitative estimate of drug-likeness (QED) is 0.186. The fraction of sp³-hybridized carbons (Fsp3) is 0.552. The predicted molar refractivity (Wildman–Crippen MR) is 152 cm³/mol. The number of unbranched alkanes of at least 4 members (excludes halogenated alkanes) is 5. The van der Waals surface area contributed by atoms with Crippen LogP contribution in [0.2, 0.25) is 0 Å². The molecule has 236 valence electrons. The number of esters is 1. The molecule has 1 fully saturated rings. The molecule has 0 radical (unpaired) electrons. The molecule has 0 bridgehead atoms. The van der Waals surface area contributed by atoms with Gasteiger partial charge in [0.25, 0.3) is 0 Å². The summed E-state index contributed by atoms with van der Waals surface area (Å²) in [4.78, 5) is 52.7. The van der Waals surface area contributed by atoms with Crippen LogP contribution in [0, 0.1) is 0 Å². The molecular weight excluding hydrogens is 570 g/mol. The zero-order chi connectivity index (χ0) is 31.2. The zero-order valence-corrected chi connectivity index (χ0v) is 24.0. The summed E-state index contributed by atoms with van der Waals surface area (Å²) >= 11 is 0. The van der Waals surface area contributed by atoms with Gasteiger partial charge >= 0.3 is 23.7 Å². The maximum atomic E-state index is 15.6. The van der Waals surface area contributed by atoms with Crippen molar-refractivity contribution in [3.63, 3.8) is 0 Å². The molecule has 0 aliphatic carbocycles. The van der Waals surface area contributed by atoms with E-state index in [2.05, 4.69) is 15.6 Å². The number of rotatable bonds is 16. The largest absolute Gasteiger partial charge is 0.453 e. The lowest BCUT2D eigenvalue weighted by Gasteiger charge is -2.25. The minimum absolute atomic E-state index is 0.0965. The van der Waals surface area contributed by atoms with E-state index in [1.807, 2.05) is 25.1 Å². The number of nitrogens with one attached hydrogen (secondary N) is 2. The molecular formula is C29H38F2N4O8. The van der Waals surface area contributed by atoms with E-state index in [1.165, 1.54) is 0 Å². The van der Waals surface area contributed by atoms with E-state index >= 15 is 8.78 Å². The second kappa shape index (κ2) is 16.7. The fourth-order valence-electron chi connectivity index (χ4n) is 4.50. The van der Waals surface area contributed by atoms with Gasteiger partial charge in [0.2, 0.25) is 12.1 Å². The van der Waals surface area contributed by atoms with Crippen molar-refractivity contribution in [1.29, 1.82) is 0 Å². The smallest absolute Gasteiger partial charge is 0.412 e. The lowest BCUT2D eigenvalue weighted by atomic mass is 10.1. The third-order valence-corrected chi connectivity index (χ3v) is 6.71. The van der Waals surface area contributed by atoms with Gasteiger partial charge in [0.15, 0.2) is 6.10 Å². The first-order valence-corrected chi connectivity index (χ1v) is 14.4. The molecule has 2 heterocycles. The molecule has 3 N–H and O–H groups in total. The molecule has 3 atom stereocenters. The van der Waals surface area contributed by atoms with Crippen molar-refractivity contribution in [1.82, 2.24) is 9.55 Å². The number of anilines is 2. The van der Waals surface area contributed by atoms with Crippen molar-refractivity contribution >= 4 is 29.5 Å².